The summed E-state index contributed by atoms with van der Waals surface area (Å²) in [5, 5.41) is 8.16. The minimum atomic E-state index is 0.522. The predicted octanol–water partition coefficient (Wildman–Crippen LogP) is 3.49. The van der Waals surface area contributed by atoms with Gasteiger partial charge in [-0.1, -0.05) is 6.42 Å². The van der Waals surface area contributed by atoms with Crippen LogP contribution in [-0.4, -0.2) is 35.0 Å². The van der Waals surface area contributed by atoms with Gasteiger partial charge < -0.3 is 5.32 Å². The maximum absolute atomic E-state index is 4.66. The Kier molecular flexibility index (Phi) is 2.96. The van der Waals surface area contributed by atoms with Crippen molar-refractivity contribution in [1.82, 2.24) is 29.0 Å². The first-order valence-corrected chi connectivity index (χ1v) is 9.60. The summed E-state index contributed by atoms with van der Waals surface area (Å²) in [5.41, 5.74) is 4.79. The van der Waals surface area contributed by atoms with Crippen molar-refractivity contribution in [2.45, 2.75) is 45.1 Å². The lowest BCUT2D eigenvalue weighted by atomic mass is 9.54. The van der Waals surface area contributed by atoms with Crippen molar-refractivity contribution in [2.75, 3.05) is 5.32 Å². The lowest BCUT2D eigenvalue weighted by Crippen LogP contribution is -2.49. The summed E-state index contributed by atoms with van der Waals surface area (Å²) in [6.45, 7) is 2.03. The van der Waals surface area contributed by atoms with E-state index >= 15 is 0 Å². The Hall–Kier alpha value is -2.96. The van der Waals surface area contributed by atoms with Crippen LogP contribution in [0.3, 0.4) is 0 Å². The molecule has 0 aliphatic heterocycles. The molecular formula is C20H21N7. The third-order valence-corrected chi connectivity index (χ3v) is 6.38. The van der Waals surface area contributed by atoms with Gasteiger partial charge in [-0.25, -0.2) is 19.5 Å². The summed E-state index contributed by atoms with van der Waals surface area (Å²) in [7, 11) is 0. The van der Waals surface area contributed by atoms with Crippen LogP contribution in [0.1, 0.15) is 37.8 Å². The highest BCUT2D eigenvalue weighted by atomic mass is 15.3. The Morgan fingerprint density at radius 3 is 2.78 bits per heavy atom. The summed E-state index contributed by atoms with van der Waals surface area (Å²) in [6, 6.07) is 2.59. The molecule has 6 rings (SSSR count). The fourth-order valence-electron chi connectivity index (χ4n) is 4.69. The fraction of sp³-hybridized carbons (Fsp3) is 0.400. The summed E-state index contributed by atoms with van der Waals surface area (Å²) < 4.78 is 3.90. The first kappa shape index (κ1) is 15.1. The van der Waals surface area contributed by atoms with E-state index in [-0.39, 0.29) is 0 Å². The molecule has 0 atom stereocenters. The maximum Gasteiger partial charge on any atom is 0.241 e. The summed E-state index contributed by atoms with van der Waals surface area (Å²) in [4.78, 5) is 13.3. The van der Waals surface area contributed by atoms with Gasteiger partial charge in [-0.15, -0.1) is 5.10 Å². The zero-order chi connectivity index (χ0) is 18.0. The minimum absolute atomic E-state index is 0.522. The van der Waals surface area contributed by atoms with Crippen LogP contribution in [0, 0.1) is 12.3 Å². The van der Waals surface area contributed by atoms with Gasteiger partial charge in [0.1, 0.15) is 0 Å². The maximum atomic E-state index is 4.66. The van der Waals surface area contributed by atoms with E-state index in [9.17, 15) is 0 Å². The van der Waals surface area contributed by atoms with Gasteiger partial charge in [-0.05, 0) is 44.1 Å². The standard InChI is InChI=1S/C20H21N7/c1-13-9-22-19-23-10-14(12-26(13)19)16-3-6-27-17(16)11-21-18(25-27)24-15-7-20(8-15)4-2-5-20/h3,6,9-12,15H,2,4-5,7-8H2,1H3,(H,24,25). The Bertz CT molecular complexity index is 1160. The second-order valence-corrected chi connectivity index (χ2v) is 8.16. The van der Waals surface area contributed by atoms with Crippen LogP contribution in [0.2, 0.25) is 0 Å². The number of nitrogens with zero attached hydrogens (tertiary/aromatic N) is 6. The van der Waals surface area contributed by atoms with Crippen LogP contribution in [0.25, 0.3) is 22.4 Å². The van der Waals surface area contributed by atoms with Crippen molar-refractivity contribution in [3.8, 4) is 11.1 Å². The van der Waals surface area contributed by atoms with E-state index in [1.54, 1.807) is 0 Å². The Labute approximate surface area is 156 Å². The van der Waals surface area contributed by atoms with Gasteiger partial charge in [0.25, 0.3) is 0 Å². The molecule has 0 aromatic carbocycles. The highest BCUT2D eigenvalue weighted by Gasteiger charge is 2.48. The third-order valence-electron chi connectivity index (χ3n) is 6.38. The topological polar surface area (TPSA) is 72.4 Å². The molecule has 1 spiro atoms. The average Bonchev–Trinajstić information content (AvgIpc) is 3.19. The minimum Gasteiger partial charge on any atom is -0.350 e. The van der Waals surface area contributed by atoms with Crippen LogP contribution >= 0.6 is 0 Å². The molecular weight excluding hydrogens is 338 g/mol. The number of nitrogens with one attached hydrogen (secondary N) is 1. The third kappa shape index (κ3) is 2.27. The molecule has 4 aromatic rings. The van der Waals surface area contributed by atoms with Gasteiger partial charge in [0, 0.05) is 41.5 Å². The lowest BCUT2D eigenvalue weighted by Gasteiger charge is -2.54. The first-order chi connectivity index (χ1) is 13.2. The van der Waals surface area contributed by atoms with Crippen molar-refractivity contribution in [2.24, 2.45) is 5.41 Å². The molecule has 7 heteroatoms. The number of aryl methyl sites for hydroxylation is 1. The Balaban J connectivity index is 1.30. The summed E-state index contributed by atoms with van der Waals surface area (Å²) in [6.07, 6.45) is 16.4. The summed E-state index contributed by atoms with van der Waals surface area (Å²) >= 11 is 0. The number of fused-ring (bicyclic) bond motifs is 2. The molecule has 0 saturated heterocycles. The molecule has 1 N–H and O–H groups in total. The molecule has 0 amide bonds. The molecule has 2 aliphatic carbocycles. The molecule has 2 saturated carbocycles. The molecule has 0 radical (unpaired) electrons. The molecule has 2 aliphatic rings. The SMILES string of the molecule is Cc1cnc2ncc(-c3ccn4nc(NC5CC6(CCC6)C5)ncc34)cn12. The van der Waals surface area contributed by atoms with Gasteiger partial charge >= 0.3 is 0 Å². The molecule has 4 aromatic heterocycles. The summed E-state index contributed by atoms with van der Waals surface area (Å²) in [5.74, 6) is 1.43. The van der Waals surface area contributed by atoms with E-state index in [0.717, 1.165) is 22.3 Å². The molecule has 2 fully saturated rings. The smallest absolute Gasteiger partial charge is 0.241 e. The molecule has 27 heavy (non-hydrogen) atoms. The first-order valence-electron chi connectivity index (χ1n) is 9.60. The van der Waals surface area contributed by atoms with E-state index in [1.807, 2.05) is 40.6 Å². The normalized spacial score (nSPS) is 18.7. The molecule has 136 valence electrons. The van der Waals surface area contributed by atoms with E-state index in [1.165, 1.54) is 32.1 Å². The van der Waals surface area contributed by atoms with Crippen LogP contribution in [-0.2, 0) is 0 Å². The second-order valence-electron chi connectivity index (χ2n) is 8.16. The van der Waals surface area contributed by atoms with Crippen molar-refractivity contribution in [1.29, 1.82) is 0 Å². The number of anilines is 1. The van der Waals surface area contributed by atoms with Crippen LogP contribution < -0.4 is 5.32 Å². The Morgan fingerprint density at radius 2 is 1.96 bits per heavy atom. The van der Waals surface area contributed by atoms with E-state index in [4.69, 9.17) is 0 Å². The largest absolute Gasteiger partial charge is 0.350 e. The second kappa shape index (κ2) is 5.28. The zero-order valence-corrected chi connectivity index (χ0v) is 15.3. The Morgan fingerprint density at radius 1 is 1.11 bits per heavy atom. The molecule has 4 heterocycles. The van der Waals surface area contributed by atoms with Gasteiger partial charge in [0.2, 0.25) is 11.7 Å². The number of hydrogen-bond donors (Lipinski definition) is 1. The molecule has 7 nitrogen and oxygen atoms in total. The number of imidazole rings is 1. The van der Waals surface area contributed by atoms with Gasteiger partial charge in [0.15, 0.2) is 0 Å². The predicted molar refractivity (Wildman–Crippen MR) is 103 cm³/mol. The van der Waals surface area contributed by atoms with Crippen LogP contribution in [0.15, 0.2) is 37.1 Å². The van der Waals surface area contributed by atoms with Crippen molar-refractivity contribution in [3.05, 3.63) is 42.7 Å². The van der Waals surface area contributed by atoms with Crippen molar-refractivity contribution < 1.29 is 0 Å². The number of rotatable bonds is 3. The number of aromatic nitrogens is 6. The van der Waals surface area contributed by atoms with Gasteiger partial charge in [-0.3, -0.25) is 4.40 Å². The highest BCUT2D eigenvalue weighted by Crippen LogP contribution is 2.56. The fourth-order valence-corrected chi connectivity index (χ4v) is 4.69. The van der Waals surface area contributed by atoms with Crippen molar-refractivity contribution in [3.63, 3.8) is 0 Å². The van der Waals surface area contributed by atoms with E-state index < -0.39 is 0 Å². The van der Waals surface area contributed by atoms with Crippen LogP contribution in [0.4, 0.5) is 5.95 Å². The average molecular weight is 359 g/mol. The molecule has 0 bridgehead atoms. The quantitative estimate of drug-likeness (QED) is 0.606. The monoisotopic (exact) mass is 359 g/mol. The highest BCUT2D eigenvalue weighted by molar-refractivity contribution is 5.79. The lowest BCUT2D eigenvalue weighted by molar-refractivity contribution is 0.0189. The van der Waals surface area contributed by atoms with Crippen molar-refractivity contribution >= 4 is 17.2 Å². The van der Waals surface area contributed by atoms with Crippen LogP contribution in [0.5, 0.6) is 0 Å². The molecule has 0 unspecified atom stereocenters. The van der Waals surface area contributed by atoms with E-state index in [2.05, 4.69) is 37.6 Å². The van der Waals surface area contributed by atoms with Gasteiger partial charge in [-0.2, -0.15) is 0 Å². The zero-order valence-electron chi connectivity index (χ0n) is 15.3. The number of hydrogen-bond acceptors (Lipinski definition) is 5. The van der Waals surface area contributed by atoms with E-state index in [0.29, 0.717) is 23.2 Å². The van der Waals surface area contributed by atoms with Gasteiger partial charge in [0.05, 0.1) is 17.9 Å².